The third-order valence-corrected chi connectivity index (χ3v) is 3.74. The van der Waals surface area contributed by atoms with Crippen molar-refractivity contribution < 1.29 is 13.9 Å². The largest absolute Gasteiger partial charge is 0.464 e. The highest BCUT2D eigenvalue weighted by Gasteiger charge is 2.17. The van der Waals surface area contributed by atoms with Crippen LogP contribution in [0.1, 0.15) is 27.9 Å². The number of methoxy groups -OCH3 is 1. The Morgan fingerprint density at radius 1 is 1.33 bits per heavy atom. The van der Waals surface area contributed by atoms with Gasteiger partial charge in [-0.05, 0) is 31.2 Å². The molecule has 3 N–H and O–H groups in total. The van der Waals surface area contributed by atoms with E-state index in [0.29, 0.717) is 23.5 Å². The molecule has 0 fully saturated rings. The maximum absolute atomic E-state index is 11.8. The number of pyridine rings is 1. The summed E-state index contributed by atoms with van der Waals surface area (Å²) in [6.45, 7) is 2.28. The average Bonchev–Trinajstić information content (AvgIpc) is 3.00. The number of aryl methyl sites for hydroxylation is 1. The van der Waals surface area contributed by atoms with Crippen molar-refractivity contribution in [1.82, 2.24) is 4.98 Å². The number of nitrogens with one attached hydrogen (secondary N) is 1. The first-order chi connectivity index (χ1) is 11.6. The van der Waals surface area contributed by atoms with Crippen LogP contribution in [0.25, 0.3) is 10.9 Å². The predicted octanol–water partition coefficient (Wildman–Crippen LogP) is 3.03. The molecular formula is C18H19N3O3. The highest BCUT2D eigenvalue weighted by atomic mass is 16.5. The second-order valence-electron chi connectivity index (χ2n) is 5.54. The molecule has 0 unspecified atom stereocenters. The first-order valence-corrected chi connectivity index (χ1v) is 7.60. The lowest BCUT2D eigenvalue weighted by Crippen LogP contribution is -2.18. The van der Waals surface area contributed by atoms with Crippen molar-refractivity contribution in [2.45, 2.75) is 13.0 Å². The first kappa shape index (κ1) is 16.0. The molecule has 24 heavy (non-hydrogen) atoms. The molecule has 124 valence electrons. The number of rotatable bonds is 6. The number of carbonyl (C=O) groups excluding carboxylic acids is 1. The van der Waals surface area contributed by atoms with E-state index >= 15 is 0 Å². The van der Waals surface area contributed by atoms with Gasteiger partial charge >= 0.3 is 0 Å². The standard InChI is InChI=1S/C18H19N3O3/c1-11-7-8-16(24-11)15(10-23-2)21-17-9-13(18(19)22)12-5-3-4-6-14(12)20-17/h3-9,15H,10H2,1-2H3,(H2,19,22)(H,20,21)/t15-/m0/s1. The van der Waals surface area contributed by atoms with E-state index in [9.17, 15) is 4.79 Å². The van der Waals surface area contributed by atoms with Crippen molar-refractivity contribution in [1.29, 1.82) is 0 Å². The Labute approximate surface area is 139 Å². The Hall–Kier alpha value is -2.86. The minimum atomic E-state index is -0.492. The zero-order valence-electron chi connectivity index (χ0n) is 13.6. The number of nitrogens with zero attached hydrogens (tertiary/aromatic N) is 1. The van der Waals surface area contributed by atoms with Gasteiger partial charge in [0.1, 0.15) is 23.4 Å². The zero-order valence-corrected chi connectivity index (χ0v) is 13.6. The molecular weight excluding hydrogens is 306 g/mol. The fourth-order valence-corrected chi connectivity index (χ4v) is 2.63. The van der Waals surface area contributed by atoms with Crippen LogP contribution < -0.4 is 11.1 Å². The second-order valence-corrected chi connectivity index (χ2v) is 5.54. The molecule has 0 radical (unpaired) electrons. The fourth-order valence-electron chi connectivity index (χ4n) is 2.63. The van der Waals surface area contributed by atoms with Crippen LogP contribution in [0, 0.1) is 6.92 Å². The third kappa shape index (κ3) is 3.23. The Bertz CT molecular complexity index is 873. The number of para-hydroxylation sites is 1. The summed E-state index contributed by atoms with van der Waals surface area (Å²) in [4.78, 5) is 16.3. The molecule has 0 saturated heterocycles. The number of carbonyl (C=O) groups is 1. The van der Waals surface area contributed by atoms with Crippen LogP contribution in [0.2, 0.25) is 0 Å². The molecule has 6 heteroatoms. The van der Waals surface area contributed by atoms with E-state index in [1.54, 1.807) is 13.2 Å². The smallest absolute Gasteiger partial charge is 0.249 e. The molecule has 1 amide bonds. The number of nitrogens with two attached hydrogens (primary N) is 1. The Kier molecular flexibility index (Phi) is 4.48. The van der Waals surface area contributed by atoms with Gasteiger partial charge in [0.25, 0.3) is 0 Å². The summed E-state index contributed by atoms with van der Waals surface area (Å²) in [5.74, 6) is 1.61. The summed E-state index contributed by atoms with van der Waals surface area (Å²) in [5, 5.41) is 3.99. The number of aromatic nitrogens is 1. The lowest BCUT2D eigenvalue weighted by Gasteiger charge is -2.17. The molecule has 0 aliphatic heterocycles. The monoisotopic (exact) mass is 325 g/mol. The molecule has 2 aromatic heterocycles. The van der Waals surface area contributed by atoms with E-state index in [-0.39, 0.29) is 6.04 Å². The van der Waals surface area contributed by atoms with Gasteiger partial charge in [-0.15, -0.1) is 0 Å². The number of fused-ring (bicyclic) bond motifs is 1. The zero-order chi connectivity index (χ0) is 17.1. The summed E-state index contributed by atoms with van der Waals surface area (Å²) in [7, 11) is 1.62. The van der Waals surface area contributed by atoms with Gasteiger partial charge in [0.15, 0.2) is 0 Å². The van der Waals surface area contributed by atoms with Gasteiger partial charge in [0, 0.05) is 12.5 Å². The van der Waals surface area contributed by atoms with E-state index in [1.165, 1.54) is 0 Å². The van der Waals surface area contributed by atoms with Gasteiger partial charge in [-0.1, -0.05) is 18.2 Å². The lowest BCUT2D eigenvalue weighted by atomic mass is 10.1. The fraction of sp³-hybridized carbons (Fsp3) is 0.222. The van der Waals surface area contributed by atoms with Crippen LogP contribution in [0.4, 0.5) is 5.82 Å². The molecule has 0 spiro atoms. The van der Waals surface area contributed by atoms with Crippen molar-refractivity contribution in [3.8, 4) is 0 Å². The van der Waals surface area contributed by atoms with Crippen LogP contribution in [-0.2, 0) is 4.74 Å². The van der Waals surface area contributed by atoms with Crippen LogP contribution in [0.3, 0.4) is 0 Å². The Morgan fingerprint density at radius 3 is 2.79 bits per heavy atom. The van der Waals surface area contributed by atoms with Crippen molar-refractivity contribution in [3.63, 3.8) is 0 Å². The van der Waals surface area contributed by atoms with E-state index in [4.69, 9.17) is 14.9 Å². The van der Waals surface area contributed by atoms with Gasteiger partial charge in [0.2, 0.25) is 5.91 Å². The lowest BCUT2D eigenvalue weighted by molar-refractivity contribution is 0.100. The highest BCUT2D eigenvalue weighted by molar-refractivity contribution is 6.06. The van der Waals surface area contributed by atoms with Crippen molar-refractivity contribution >= 4 is 22.6 Å². The number of hydrogen-bond donors (Lipinski definition) is 2. The van der Waals surface area contributed by atoms with Crippen LogP contribution >= 0.6 is 0 Å². The minimum Gasteiger partial charge on any atom is -0.464 e. The van der Waals surface area contributed by atoms with Gasteiger partial charge in [-0.3, -0.25) is 4.79 Å². The van der Waals surface area contributed by atoms with Crippen molar-refractivity contribution in [2.75, 3.05) is 19.0 Å². The van der Waals surface area contributed by atoms with Gasteiger partial charge in [-0.2, -0.15) is 0 Å². The molecule has 0 aliphatic carbocycles. The predicted molar refractivity (Wildman–Crippen MR) is 91.9 cm³/mol. The average molecular weight is 325 g/mol. The Balaban J connectivity index is 2.00. The molecule has 6 nitrogen and oxygen atoms in total. The number of anilines is 1. The van der Waals surface area contributed by atoms with Crippen LogP contribution in [-0.4, -0.2) is 24.6 Å². The van der Waals surface area contributed by atoms with Crippen molar-refractivity contribution in [3.05, 3.63) is 59.5 Å². The third-order valence-electron chi connectivity index (χ3n) is 3.74. The topological polar surface area (TPSA) is 90.4 Å². The van der Waals surface area contributed by atoms with Crippen LogP contribution in [0.15, 0.2) is 46.9 Å². The van der Waals surface area contributed by atoms with E-state index in [1.807, 2.05) is 43.3 Å². The maximum atomic E-state index is 11.8. The molecule has 0 aliphatic rings. The molecule has 0 bridgehead atoms. The summed E-state index contributed by atoms with van der Waals surface area (Å²) in [5.41, 5.74) is 6.64. The number of primary amides is 1. The summed E-state index contributed by atoms with van der Waals surface area (Å²) in [6, 6.07) is 12.6. The van der Waals surface area contributed by atoms with Crippen LogP contribution in [0.5, 0.6) is 0 Å². The van der Waals surface area contributed by atoms with Crippen molar-refractivity contribution in [2.24, 2.45) is 5.73 Å². The number of amides is 1. The number of ether oxygens (including phenoxy) is 1. The highest BCUT2D eigenvalue weighted by Crippen LogP contribution is 2.25. The number of furan rings is 1. The molecule has 3 rings (SSSR count). The van der Waals surface area contributed by atoms with Gasteiger partial charge in [-0.25, -0.2) is 4.98 Å². The van der Waals surface area contributed by atoms with Gasteiger partial charge < -0.3 is 20.2 Å². The summed E-state index contributed by atoms with van der Waals surface area (Å²) >= 11 is 0. The summed E-state index contributed by atoms with van der Waals surface area (Å²) in [6.07, 6.45) is 0. The van der Waals surface area contributed by atoms with E-state index in [2.05, 4.69) is 10.3 Å². The van der Waals surface area contributed by atoms with Gasteiger partial charge in [0.05, 0.1) is 17.7 Å². The molecule has 1 atom stereocenters. The first-order valence-electron chi connectivity index (χ1n) is 7.60. The quantitative estimate of drug-likeness (QED) is 0.727. The number of hydrogen-bond acceptors (Lipinski definition) is 5. The molecule has 1 aromatic carbocycles. The minimum absolute atomic E-state index is 0.224. The SMILES string of the molecule is COC[C@H](Nc1cc(C(N)=O)c2ccccc2n1)c1ccc(C)o1. The molecule has 2 heterocycles. The summed E-state index contributed by atoms with van der Waals surface area (Å²) < 4.78 is 10.9. The second kappa shape index (κ2) is 6.72. The normalized spacial score (nSPS) is 12.2. The Morgan fingerprint density at radius 2 is 2.12 bits per heavy atom. The van der Waals surface area contributed by atoms with E-state index in [0.717, 1.165) is 16.9 Å². The molecule has 3 aromatic rings. The number of benzene rings is 1. The maximum Gasteiger partial charge on any atom is 0.249 e. The molecule has 0 saturated carbocycles. The van der Waals surface area contributed by atoms with E-state index < -0.39 is 5.91 Å².